The Morgan fingerprint density at radius 1 is 0.889 bits per heavy atom. The molecule has 0 fully saturated rings. The molecule has 1 N–H and O–H groups in total. The molecule has 1 nitrogen and oxygen atoms in total. The van der Waals surface area contributed by atoms with Crippen LogP contribution >= 0.6 is 47.8 Å². The van der Waals surface area contributed by atoms with E-state index in [1.165, 1.54) is 6.07 Å². The smallest absolute Gasteiger partial charge is 0.129 e. The molecular formula is C13H8Br3FO. The van der Waals surface area contributed by atoms with Gasteiger partial charge < -0.3 is 5.11 Å². The van der Waals surface area contributed by atoms with Crippen molar-refractivity contribution in [2.24, 2.45) is 0 Å². The average Bonchev–Trinajstić information content (AvgIpc) is 2.31. The summed E-state index contributed by atoms with van der Waals surface area (Å²) in [4.78, 5) is 0. The van der Waals surface area contributed by atoms with Crippen LogP contribution in [-0.2, 0) is 0 Å². The van der Waals surface area contributed by atoms with Crippen molar-refractivity contribution in [1.82, 2.24) is 0 Å². The van der Waals surface area contributed by atoms with Crippen molar-refractivity contribution < 1.29 is 9.50 Å². The van der Waals surface area contributed by atoms with Gasteiger partial charge in [-0.2, -0.15) is 0 Å². The lowest BCUT2D eigenvalue weighted by Crippen LogP contribution is -2.03. The molecule has 0 spiro atoms. The summed E-state index contributed by atoms with van der Waals surface area (Å²) in [6, 6.07) is 9.87. The number of halogens is 4. The lowest BCUT2D eigenvalue weighted by Gasteiger charge is -2.14. The third-order valence-electron chi connectivity index (χ3n) is 2.51. The van der Waals surface area contributed by atoms with Crippen molar-refractivity contribution in [3.8, 4) is 0 Å². The molecular weight excluding hydrogens is 431 g/mol. The maximum Gasteiger partial charge on any atom is 0.129 e. The van der Waals surface area contributed by atoms with Gasteiger partial charge in [-0.1, -0.05) is 53.9 Å². The monoisotopic (exact) mass is 436 g/mol. The molecule has 0 saturated carbocycles. The van der Waals surface area contributed by atoms with Crippen LogP contribution in [0, 0.1) is 5.82 Å². The minimum Gasteiger partial charge on any atom is -0.384 e. The van der Waals surface area contributed by atoms with Crippen molar-refractivity contribution in [2.45, 2.75) is 6.10 Å². The van der Waals surface area contributed by atoms with E-state index >= 15 is 0 Å². The largest absolute Gasteiger partial charge is 0.384 e. The van der Waals surface area contributed by atoms with Crippen LogP contribution < -0.4 is 0 Å². The van der Waals surface area contributed by atoms with E-state index in [9.17, 15) is 9.50 Å². The van der Waals surface area contributed by atoms with Gasteiger partial charge in [0.1, 0.15) is 11.9 Å². The zero-order valence-corrected chi connectivity index (χ0v) is 13.8. The fourth-order valence-corrected chi connectivity index (χ4v) is 3.26. The Bertz CT molecular complexity index is 586. The van der Waals surface area contributed by atoms with E-state index in [-0.39, 0.29) is 5.56 Å². The summed E-state index contributed by atoms with van der Waals surface area (Å²) in [7, 11) is 0. The molecule has 0 radical (unpaired) electrons. The zero-order chi connectivity index (χ0) is 13.3. The highest BCUT2D eigenvalue weighted by Crippen LogP contribution is 2.32. The molecule has 5 heteroatoms. The standard InChI is InChI=1S/C13H8Br3FO/c14-7-2-4-12(17)10(5-7)13(18)9-3-1-8(15)6-11(9)16/h1-6,13,18H. The first kappa shape index (κ1) is 14.2. The van der Waals surface area contributed by atoms with E-state index in [1.807, 2.05) is 6.07 Å². The number of rotatable bonds is 2. The molecule has 0 saturated heterocycles. The number of aliphatic hydroxyl groups is 1. The maximum absolute atomic E-state index is 13.7. The third kappa shape index (κ3) is 3.02. The first-order chi connectivity index (χ1) is 8.49. The van der Waals surface area contributed by atoms with Gasteiger partial charge in [-0.25, -0.2) is 4.39 Å². The highest BCUT2D eigenvalue weighted by atomic mass is 79.9. The predicted octanol–water partition coefficient (Wildman–Crippen LogP) is 5.19. The first-order valence-corrected chi connectivity index (χ1v) is 7.45. The molecule has 1 atom stereocenters. The molecule has 0 aliphatic heterocycles. The number of aliphatic hydroxyl groups excluding tert-OH is 1. The summed E-state index contributed by atoms with van der Waals surface area (Å²) in [6.45, 7) is 0. The first-order valence-electron chi connectivity index (χ1n) is 5.07. The fourth-order valence-electron chi connectivity index (χ4n) is 1.61. The van der Waals surface area contributed by atoms with Crippen LogP contribution in [0.25, 0.3) is 0 Å². The molecule has 0 aromatic heterocycles. The topological polar surface area (TPSA) is 20.2 Å². The Labute approximate surface area is 129 Å². The van der Waals surface area contributed by atoms with Gasteiger partial charge in [0.05, 0.1) is 0 Å². The van der Waals surface area contributed by atoms with Gasteiger partial charge in [0.25, 0.3) is 0 Å². The second-order valence-electron chi connectivity index (χ2n) is 3.73. The van der Waals surface area contributed by atoms with Crippen molar-refractivity contribution in [1.29, 1.82) is 0 Å². The van der Waals surface area contributed by atoms with E-state index in [2.05, 4.69) is 47.8 Å². The lowest BCUT2D eigenvalue weighted by atomic mass is 10.0. The molecule has 0 amide bonds. The van der Waals surface area contributed by atoms with Crippen LogP contribution in [0.2, 0.25) is 0 Å². The van der Waals surface area contributed by atoms with E-state index in [0.717, 1.165) is 13.4 Å². The number of benzene rings is 2. The second-order valence-corrected chi connectivity index (χ2v) is 6.42. The Morgan fingerprint density at radius 2 is 1.50 bits per heavy atom. The Hall–Kier alpha value is -0.230. The van der Waals surface area contributed by atoms with Gasteiger partial charge in [-0.05, 0) is 35.9 Å². The van der Waals surface area contributed by atoms with Crippen LogP contribution in [0.5, 0.6) is 0 Å². The molecule has 18 heavy (non-hydrogen) atoms. The summed E-state index contributed by atoms with van der Waals surface area (Å²) in [5, 5.41) is 10.3. The average molecular weight is 439 g/mol. The number of hydrogen-bond acceptors (Lipinski definition) is 1. The van der Waals surface area contributed by atoms with Crippen molar-refractivity contribution in [3.05, 3.63) is 66.8 Å². The maximum atomic E-state index is 13.7. The summed E-state index contributed by atoms with van der Waals surface area (Å²) in [5.74, 6) is -0.430. The molecule has 2 aromatic carbocycles. The molecule has 0 heterocycles. The summed E-state index contributed by atoms with van der Waals surface area (Å²) in [5.41, 5.74) is 0.864. The van der Waals surface area contributed by atoms with Crippen LogP contribution in [0.3, 0.4) is 0 Å². The lowest BCUT2D eigenvalue weighted by molar-refractivity contribution is 0.214. The SMILES string of the molecule is OC(c1cc(Br)ccc1F)c1ccc(Br)cc1Br. The van der Waals surface area contributed by atoms with Crippen molar-refractivity contribution in [2.75, 3.05) is 0 Å². The van der Waals surface area contributed by atoms with Gasteiger partial charge in [-0.3, -0.25) is 0 Å². The molecule has 0 aliphatic carbocycles. The summed E-state index contributed by atoms with van der Waals surface area (Å²) >= 11 is 9.97. The van der Waals surface area contributed by atoms with Gasteiger partial charge in [0.2, 0.25) is 0 Å². The number of hydrogen-bond donors (Lipinski definition) is 1. The Balaban J connectivity index is 2.47. The Morgan fingerprint density at radius 3 is 2.17 bits per heavy atom. The Kier molecular flexibility index (Phi) is 4.59. The zero-order valence-electron chi connectivity index (χ0n) is 9.00. The van der Waals surface area contributed by atoms with E-state index in [1.54, 1.807) is 24.3 Å². The van der Waals surface area contributed by atoms with Crippen LogP contribution in [0.1, 0.15) is 17.2 Å². The quantitative estimate of drug-likeness (QED) is 0.683. The van der Waals surface area contributed by atoms with Crippen molar-refractivity contribution in [3.63, 3.8) is 0 Å². The third-order valence-corrected chi connectivity index (χ3v) is 4.18. The molecule has 1 unspecified atom stereocenters. The highest BCUT2D eigenvalue weighted by molar-refractivity contribution is 9.11. The van der Waals surface area contributed by atoms with Gasteiger partial charge in [0, 0.05) is 19.0 Å². The van der Waals surface area contributed by atoms with Crippen molar-refractivity contribution >= 4 is 47.8 Å². The van der Waals surface area contributed by atoms with Crippen LogP contribution in [0.15, 0.2) is 49.8 Å². The molecule has 2 aromatic rings. The van der Waals surface area contributed by atoms with E-state index < -0.39 is 11.9 Å². The fraction of sp³-hybridized carbons (Fsp3) is 0.0769. The highest BCUT2D eigenvalue weighted by Gasteiger charge is 2.17. The van der Waals surface area contributed by atoms with Gasteiger partial charge in [-0.15, -0.1) is 0 Å². The predicted molar refractivity (Wildman–Crippen MR) is 80.0 cm³/mol. The minimum absolute atomic E-state index is 0.243. The molecule has 2 rings (SSSR count). The minimum atomic E-state index is -1.01. The second kappa shape index (κ2) is 5.82. The molecule has 0 bridgehead atoms. The molecule has 0 aliphatic rings. The van der Waals surface area contributed by atoms with Crippen LogP contribution in [0.4, 0.5) is 4.39 Å². The van der Waals surface area contributed by atoms with E-state index in [0.29, 0.717) is 5.56 Å². The summed E-state index contributed by atoms with van der Waals surface area (Å²) < 4.78 is 16.1. The molecule has 94 valence electrons. The van der Waals surface area contributed by atoms with Gasteiger partial charge in [0.15, 0.2) is 0 Å². The summed E-state index contributed by atoms with van der Waals surface area (Å²) in [6.07, 6.45) is -1.01. The van der Waals surface area contributed by atoms with Crippen LogP contribution in [-0.4, -0.2) is 5.11 Å². The normalized spacial score (nSPS) is 12.5. The van der Waals surface area contributed by atoms with Gasteiger partial charge >= 0.3 is 0 Å². The van der Waals surface area contributed by atoms with E-state index in [4.69, 9.17) is 0 Å².